The topological polar surface area (TPSA) is 109 Å². The maximum absolute atomic E-state index is 12.4. The summed E-state index contributed by atoms with van der Waals surface area (Å²) in [6.45, 7) is 2.35. The Kier molecular flexibility index (Phi) is 3.97. The van der Waals surface area contributed by atoms with E-state index in [1.807, 2.05) is 0 Å². The van der Waals surface area contributed by atoms with Gasteiger partial charge in [-0.25, -0.2) is 4.68 Å². The molecule has 2 amide bonds. The van der Waals surface area contributed by atoms with Gasteiger partial charge in [-0.2, -0.15) is 10.1 Å². The molecule has 0 bridgehead atoms. The van der Waals surface area contributed by atoms with Crippen LogP contribution in [0.25, 0.3) is 0 Å². The predicted octanol–water partition coefficient (Wildman–Crippen LogP) is -1.51. The third-order valence-corrected chi connectivity index (χ3v) is 4.20. The van der Waals surface area contributed by atoms with Crippen molar-refractivity contribution < 1.29 is 9.59 Å². The number of hydrogen-bond donors (Lipinski definition) is 2. The molecule has 1 atom stereocenters. The number of nitrogens with zero attached hydrogens (tertiary/aromatic N) is 5. The predicted molar refractivity (Wildman–Crippen MR) is 78.6 cm³/mol. The standard InChI is InChI=1S/C13H21N7O2/c1-18-13(14)16-12(17-18)9-3-2-5-19(9)8-11(22)20-6-4-15-10(21)7-20/h9H,2-8H2,1H3,(H,15,21)(H2,14,16,17). The van der Waals surface area contributed by atoms with Crippen LogP contribution in [0.3, 0.4) is 0 Å². The summed E-state index contributed by atoms with van der Waals surface area (Å²) in [6.07, 6.45) is 1.91. The SMILES string of the molecule is Cn1nc(C2CCCN2CC(=O)N2CCNC(=O)C2)nc1N. The number of amides is 2. The molecule has 3 rings (SSSR count). The minimum Gasteiger partial charge on any atom is -0.368 e. The summed E-state index contributed by atoms with van der Waals surface area (Å²) in [5.74, 6) is 0.921. The summed E-state index contributed by atoms with van der Waals surface area (Å²) < 4.78 is 1.54. The summed E-state index contributed by atoms with van der Waals surface area (Å²) >= 11 is 0. The Balaban J connectivity index is 1.65. The molecule has 120 valence electrons. The van der Waals surface area contributed by atoms with Gasteiger partial charge in [0.15, 0.2) is 5.82 Å². The van der Waals surface area contributed by atoms with Gasteiger partial charge in [0.05, 0.1) is 19.1 Å². The van der Waals surface area contributed by atoms with Crippen LogP contribution in [0.5, 0.6) is 0 Å². The van der Waals surface area contributed by atoms with Gasteiger partial charge in [-0.1, -0.05) is 0 Å². The smallest absolute Gasteiger partial charge is 0.239 e. The molecule has 1 aromatic rings. The summed E-state index contributed by atoms with van der Waals surface area (Å²) in [5.41, 5.74) is 5.74. The van der Waals surface area contributed by atoms with Gasteiger partial charge in [0.2, 0.25) is 17.8 Å². The van der Waals surface area contributed by atoms with E-state index in [2.05, 4.69) is 20.3 Å². The second-order valence-electron chi connectivity index (χ2n) is 5.75. The molecule has 0 aliphatic carbocycles. The average Bonchev–Trinajstić information content (AvgIpc) is 3.06. The molecule has 0 spiro atoms. The zero-order valence-electron chi connectivity index (χ0n) is 12.7. The molecule has 9 nitrogen and oxygen atoms in total. The van der Waals surface area contributed by atoms with Crippen LogP contribution < -0.4 is 11.1 Å². The number of aromatic nitrogens is 3. The van der Waals surface area contributed by atoms with E-state index in [1.165, 1.54) is 0 Å². The summed E-state index contributed by atoms with van der Waals surface area (Å²) in [6, 6.07) is 0.0195. The van der Waals surface area contributed by atoms with Gasteiger partial charge in [-0.3, -0.25) is 14.5 Å². The highest BCUT2D eigenvalue weighted by atomic mass is 16.2. The Morgan fingerprint density at radius 3 is 2.95 bits per heavy atom. The van der Waals surface area contributed by atoms with Crippen LogP contribution in [0.15, 0.2) is 0 Å². The highest BCUT2D eigenvalue weighted by Gasteiger charge is 2.32. The van der Waals surface area contributed by atoms with E-state index in [0.29, 0.717) is 24.9 Å². The quantitative estimate of drug-likeness (QED) is 0.703. The molecule has 0 radical (unpaired) electrons. The molecule has 3 heterocycles. The van der Waals surface area contributed by atoms with Gasteiger partial charge in [0.25, 0.3) is 0 Å². The maximum Gasteiger partial charge on any atom is 0.239 e. The number of nitrogens with one attached hydrogen (secondary N) is 1. The molecule has 2 fully saturated rings. The number of likely N-dealkylation sites (tertiary alicyclic amines) is 1. The Morgan fingerprint density at radius 1 is 1.45 bits per heavy atom. The van der Waals surface area contributed by atoms with Crippen molar-refractivity contribution in [2.24, 2.45) is 7.05 Å². The van der Waals surface area contributed by atoms with Gasteiger partial charge >= 0.3 is 0 Å². The second-order valence-corrected chi connectivity index (χ2v) is 5.75. The highest BCUT2D eigenvalue weighted by molar-refractivity contribution is 5.86. The van der Waals surface area contributed by atoms with Crippen LogP contribution in [-0.2, 0) is 16.6 Å². The molecule has 9 heteroatoms. The van der Waals surface area contributed by atoms with E-state index in [-0.39, 0.29) is 30.9 Å². The molecule has 3 N–H and O–H groups in total. The number of aryl methyl sites for hydroxylation is 1. The summed E-state index contributed by atoms with van der Waals surface area (Å²) in [4.78, 5) is 31.7. The van der Waals surface area contributed by atoms with Crippen molar-refractivity contribution in [2.45, 2.75) is 18.9 Å². The molecule has 1 aromatic heterocycles. The minimum atomic E-state index is -0.100. The van der Waals surface area contributed by atoms with Gasteiger partial charge in [-0.15, -0.1) is 0 Å². The number of nitrogen functional groups attached to an aromatic ring is 1. The molecule has 2 aliphatic rings. The number of carbonyl (C=O) groups is 2. The fourth-order valence-electron chi connectivity index (χ4n) is 2.99. The first-order valence-electron chi connectivity index (χ1n) is 7.49. The van der Waals surface area contributed by atoms with E-state index >= 15 is 0 Å². The van der Waals surface area contributed by atoms with Crippen LogP contribution >= 0.6 is 0 Å². The lowest BCUT2D eigenvalue weighted by Gasteiger charge is -2.29. The number of piperazine rings is 1. The molecule has 0 aromatic carbocycles. The molecule has 0 saturated carbocycles. The van der Waals surface area contributed by atoms with E-state index < -0.39 is 0 Å². The first-order chi connectivity index (χ1) is 10.5. The fraction of sp³-hybridized carbons (Fsp3) is 0.692. The molecule has 2 saturated heterocycles. The van der Waals surface area contributed by atoms with E-state index in [0.717, 1.165) is 19.4 Å². The van der Waals surface area contributed by atoms with Crippen LogP contribution in [0, 0.1) is 0 Å². The first-order valence-corrected chi connectivity index (χ1v) is 7.49. The lowest BCUT2D eigenvalue weighted by Crippen LogP contribution is -2.52. The first kappa shape index (κ1) is 14.8. The number of hydrogen-bond acceptors (Lipinski definition) is 6. The molecule has 1 unspecified atom stereocenters. The van der Waals surface area contributed by atoms with E-state index in [1.54, 1.807) is 16.6 Å². The van der Waals surface area contributed by atoms with Crippen molar-refractivity contribution in [3.63, 3.8) is 0 Å². The Hall–Kier alpha value is -2.16. The second kappa shape index (κ2) is 5.91. The number of carbonyl (C=O) groups excluding carboxylic acids is 2. The van der Waals surface area contributed by atoms with Crippen LogP contribution in [0.1, 0.15) is 24.7 Å². The summed E-state index contributed by atoms with van der Waals surface area (Å²) in [7, 11) is 1.75. The van der Waals surface area contributed by atoms with Crippen LogP contribution in [0.2, 0.25) is 0 Å². The minimum absolute atomic E-state index is 0.0195. The van der Waals surface area contributed by atoms with Gasteiger partial charge in [0.1, 0.15) is 0 Å². The number of rotatable bonds is 3. The van der Waals surface area contributed by atoms with Crippen LogP contribution in [-0.4, -0.2) is 69.1 Å². The van der Waals surface area contributed by atoms with Crippen molar-refractivity contribution in [1.29, 1.82) is 0 Å². The Morgan fingerprint density at radius 2 is 2.27 bits per heavy atom. The third kappa shape index (κ3) is 2.89. The van der Waals surface area contributed by atoms with E-state index in [9.17, 15) is 9.59 Å². The number of anilines is 1. The largest absolute Gasteiger partial charge is 0.368 e. The molecule has 22 heavy (non-hydrogen) atoms. The fourth-order valence-corrected chi connectivity index (χ4v) is 2.99. The van der Waals surface area contributed by atoms with Gasteiger partial charge < -0.3 is 16.0 Å². The van der Waals surface area contributed by atoms with Crippen molar-refractivity contribution in [3.8, 4) is 0 Å². The summed E-state index contributed by atoms with van der Waals surface area (Å²) in [5, 5.41) is 7.05. The molecular weight excluding hydrogens is 286 g/mol. The Labute approximate surface area is 128 Å². The zero-order chi connectivity index (χ0) is 15.7. The van der Waals surface area contributed by atoms with Gasteiger partial charge in [0, 0.05) is 20.1 Å². The van der Waals surface area contributed by atoms with Crippen LogP contribution in [0.4, 0.5) is 5.95 Å². The molecular formula is C13H21N7O2. The lowest BCUT2D eigenvalue weighted by atomic mass is 10.2. The number of nitrogens with two attached hydrogens (primary N) is 1. The highest BCUT2D eigenvalue weighted by Crippen LogP contribution is 2.30. The van der Waals surface area contributed by atoms with Crippen molar-refractivity contribution in [3.05, 3.63) is 5.82 Å². The monoisotopic (exact) mass is 307 g/mol. The van der Waals surface area contributed by atoms with Crippen molar-refractivity contribution in [1.82, 2.24) is 29.9 Å². The zero-order valence-corrected chi connectivity index (χ0v) is 12.7. The third-order valence-electron chi connectivity index (χ3n) is 4.20. The Bertz CT molecular complexity index is 565. The maximum atomic E-state index is 12.4. The van der Waals surface area contributed by atoms with Crippen molar-refractivity contribution >= 4 is 17.8 Å². The van der Waals surface area contributed by atoms with Gasteiger partial charge in [-0.05, 0) is 19.4 Å². The van der Waals surface area contributed by atoms with E-state index in [4.69, 9.17) is 5.73 Å². The molecule has 2 aliphatic heterocycles. The average molecular weight is 307 g/mol. The van der Waals surface area contributed by atoms with Crippen molar-refractivity contribution in [2.75, 3.05) is 38.5 Å². The lowest BCUT2D eigenvalue weighted by molar-refractivity contribution is -0.139. The normalized spacial score (nSPS) is 22.9.